The number of hydrogen-bond acceptors (Lipinski definition) is 2. The number of nitrogens with zero attached hydrogens (tertiary/aromatic N) is 1. The summed E-state index contributed by atoms with van der Waals surface area (Å²) in [7, 11) is 0. The Hall–Kier alpha value is -0.890. The van der Waals surface area contributed by atoms with Gasteiger partial charge in [0.1, 0.15) is 0 Å². The molecule has 0 aliphatic rings. The minimum Gasteiger partial charge on any atom is -0.316 e. The van der Waals surface area contributed by atoms with Crippen molar-refractivity contribution in [2.45, 2.75) is 39.5 Å². The molecule has 0 bridgehead atoms. The standard InChI is InChI=1S/C14H24N2/c1-4-7-12(3)14(11-15-5-2)13-8-6-9-16-10-13/h6,8-10,12,14-15H,4-5,7,11H2,1-3H3. The van der Waals surface area contributed by atoms with Crippen LogP contribution in [0.25, 0.3) is 0 Å². The van der Waals surface area contributed by atoms with Gasteiger partial charge < -0.3 is 5.32 Å². The molecule has 0 fully saturated rings. The molecule has 0 aliphatic carbocycles. The van der Waals surface area contributed by atoms with Crippen molar-refractivity contribution in [2.75, 3.05) is 13.1 Å². The van der Waals surface area contributed by atoms with Crippen LogP contribution in [0.2, 0.25) is 0 Å². The van der Waals surface area contributed by atoms with Crippen molar-refractivity contribution in [2.24, 2.45) is 5.92 Å². The van der Waals surface area contributed by atoms with Gasteiger partial charge in [-0.2, -0.15) is 0 Å². The molecular weight excluding hydrogens is 196 g/mol. The van der Waals surface area contributed by atoms with E-state index in [1.54, 1.807) is 0 Å². The van der Waals surface area contributed by atoms with E-state index in [2.05, 4.69) is 37.1 Å². The third-order valence-electron chi connectivity index (χ3n) is 3.16. The number of pyridine rings is 1. The van der Waals surface area contributed by atoms with Crippen molar-refractivity contribution in [1.82, 2.24) is 10.3 Å². The Labute approximate surface area is 99.5 Å². The fourth-order valence-corrected chi connectivity index (χ4v) is 2.20. The lowest BCUT2D eigenvalue weighted by molar-refractivity contribution is 0.406. The van der Waals surface area contributed by atoms with Gasteiger partial charge in [0.15, 0.2) is 0 Å². The second kappa shape index (κ2) is 7.39. The smallest absolute Gasteiger partial charge is 0.0303 e. The summed E-state index contributed by atoms with van der Waals surface area (Å²) in [5.41, 5.74) is 1.37. The summed E-state index contributed by atoms with van der Waals surface area (Å²) in [6, 6.07) is 4.23. The van der Waals surface area contributed by atoms with Gasteiger partial charge in [-0.05, 0) is 24.1 Å². The highest BCUT2D eigenvalue weighted by Gasteiger charge is 2.18. The van der Waals surface area contributed by atoms with Gasteiger partial charge in [0.05, 0.1) is 0 Å². The van der Waals surface area contributed by atoms with E-state index in [0.717, 1.165) is 13.1 Å². The monoisotopic (exact) mass is 220 g/mol. The molecule has 1 N–H and O–H groups in total. The molecular formula is C14H24N2. The summed E-state index contributed by atoms with van der Waals surface area (Å²) in [4.78, 5) is 4.23. The molecule has 0 saturated heterocycles. The van der Waals surface area contributed by atoms with Gasteiger partial charge in [0.2, 0.25) is 0 Å². The summed E-state index contributed by atoms with van der Waals surface area (Å²) < 4.78 is 0. The molecule has 2 heteroatoms. The lowest BCUT2D eigenvalue weighted by Crippen LogP contribution is -2.25. The van der Waals surface area contributed by atoms with Crippen LogP contribution < -0.4 is 5.32 Å². The first-order valence-corrected chi connectivity index (χ1v) is 6.40. The van der Waals surface area contributed by atoms with Gasteiger partial charge in [-0.25, -0.2) is 0 Å². The van der Waals surface area contributed by atoms with E-state index in [4.69, 9.17) is 0 Å². The molecule has 0 aromatic carbocycles. The first kappa shape index (κ1) is 13.2. The van der Waals surface area contributed by atoms with Crippen molar-refractivity contribution >= 4 is 0 Å². The lowest BCUT2D eigenvalue weighted by atomic mass is 9.85. The molecule has 90 valence electrons. The van der Waals surface area contributed by atoms with Gasteiger partial charge in [-0.3, -0.25) is 4.98 Å². The van der Waals surface area contributed by atoms with Crippen molar-refractivity contribution in [3.63, 3.8) is 0 Å². The van der Waals surface area contributed by atoms with Gasteiger partial charge in [0, 0.05) is 24.9 Å². The van der Waals surface area contributed by atoms with E-state index >= 15 is 0 Å². The van der Waals surface area contributed by atoms with E-state index in [0.29, 0.717) is 11.8 Å². The Morgan fingerprint density at radius 1 is 1.38 bits per heavy atom. The molecule has 0 saturated carbocycles. The highest BCUT2D eigenvalue weighted by atomic mass is 14.8. The maximum absolute atomic E-state index is 4.23. The normalized spacial score (nSPS) is 14.7. The molecule has 2 unspecified atom stereocenters. The number of rotatable bonds is 7. The van der Waals surface area contributed by atoms with E-state index in [1.807, 2.05) is 18.5 Å². The largest absolute Gasteiger partial charge is 0.316 e. The van der Waals surface area contributed by atoms with Crippen molar-refractivity contribution < 1.29 is 0 Å². The average molecular weight is 220 g/mol. The van der Waals surface area contributed by atoms with Gasteiger partial charge in [-0.15, -0.1) is 0 Å². The van der Waals surface area contributed by atoms with Crippen LogP contribution >= 0.6 is 0 Å². The third kappa shape index (κ3) is 3.93. The molecule has 16 heavy (non-hydrogen) atoms. The quantitative estimate of drug-likeness (QED) is 0.763. The Kier molecular flexibility index (Phi) is 6.09. The molecule has 1 heterocycles. The molecule has 0 amide bonds. The van der Waals surface area contributed by atoms with Crippen LogP contribution in [-0.2, 0) is 0 Å². The van der Waals surface area contributed by atoms with Crippen LogP contribution in [0.15, 0.2) is 24.5 Å². The van der Waals surface area contributed by atoms with Gasteiger partial charge in [0.25, 0.3) is 0 Å². The van der Waals surface area contributed by atoms with Crippen molar-refractivity contribution in [3.8, 4) is 0 Å². The summed E-state index contributed by atoms with van der Waals surface area (Å²) in [6.45, 7) is 8.85. The minimum absolute atomic E-state index is 0.591. The van der Waals surface area contributed by atoms with Crippen LogP contribution in [-0.4, -0.2) is 18.1 Å². The molecule has 0 aliphatic heterocycles. The predicted molar refractivity (Wildman–Crippen MR) is 69.6 cm³/mol. The van der Waals surface area contributed by atoms with Gasteiger partial charge >= 0.3 is 0 Å². The topological polar surface area (TPSA) is 24.9 Å². The molecule has 0 spiro atoms. The summed E-state index contributed by atoms with van der Waals surface area (Å²) in [5.74, 6) is 1.31. The summed E-state index contributed by atoms with van der Waals surface area (Å²) in [5, 5.41) is 3.46. The third-order valence-corrected chi connectivity index (χ3v) is 3.16. The van der Waals surface area contributed by atoms with Crippen LogP contribution in [0.3, 0.4) is 0 Å². The Bertz CT molecular complexity index is 271. The number of likely N-dealkylation sites (N-methyl/N-ethyl adjacent to an activating group) is 1. The van der Waals surface area contributed by atoms with Crippen molar-refractivity contribution in [1.29, 1.82) is 0 Å². The van der Waals surface area contributed by atoms with E-state index < -0.39 is 0 Å². The number of nitrogens with one attached hydrogen (secondary N) is 1. The zero-order chi connectivity index (χ0) is 11.8. The summed E-state index contributed by atoms with van der Waals surface area (Å²) >= 11 is 0. The molecule has 1 rings (SSSR count). The van der Waals surface area contributed by atoms with Crippen LogP contribution in [0.4, 0.5) is 0 Å². The lowest BCUT2D eigenvalue weighted by Gasteiger charge is -2.24. The fourth-order valence-electron chi connectivity index (χ4n) is 2.20. The van der Waals surface area contributed by atoms with Crippen LogP contribution in [0.1, 0.15) is 45.1 Å². The molecule has 0 radical (unpaired) electrons. The minimum atomic E-state index is 0.591. The average Bonchev–Trinajstić information content (AvgIpc) is 2.31. The summed E-state index contributed by atoms with van der Waals surface area (Å²) in [6.07, 6.45) is 6.39. The first-order chi connectivity index (χ1) is 7.79. The SMILES string of the molecule is CCCC(C)C(CNCC)c1cccnc1. The highest BCUT2D eigenvalue weighted by molar-refractivity contribution is 5.16. The molecule has 1 aromatic heterocycles. The van der Waals surface area contributed by atoms with E-state index in [9.17, 15) is 0 Å². The van der Waals surface area contributed by atoms with Crippen LogP contribution in [0.5, 0.6) is 0 Å². The van der Waals surface area contributed by atoms with E-state index in [1.165, 1.54) is 18.4 Å². The first-order valence-electron chi connectivity index (χ1n) is 6.40. The zero-order valence-corrected chi connectivity index (χ0v) is 10.7. The van der Waals surface area contributed by atoms with Crippen molar-refractivity contribution in [3.05, 3.63) is 30.1 Å². The Balaban J connectivity index is 2.70. The van der Waals surface area contributed by atoms with E-state index in [-0.39, 0.29) is 0 Å². The maximum atomic E-state index is 4.23. The maximum Gasteiger partial charge on any atom is 0.0303 e. The fraction of sp³-hybridized carbons (Fsp3) is 0.643. The van der Waals surface area contributed by atoms with Crippen LogP contribution in [0, 0.1) is 5.92 Å². The predicted octanol–water partition coefficient (Wildman–Crippen LogP) is 3.21. The number of aromatic nitrogens is 1. The second-order valence-electron chi connectivity index (χ2n) is 4.47. The van der Waals surface area contributed by atoms with Gasteiger partial charge in [-0.1, -0.05) is 39.7 Å². The highest BCUT2D eigenvalue weighted by Crippen LogP contribution is 2.26. The second-order valence-corrected chi connectivity index (χ2v) is 4.47. The Morgan fingerprint density at radius 3 is 2.75 bits per heavy atom. The molecule has 2 atom stereocenters. The molecule has 2 nitrogen and oxygen atoms in total. The zero-order valence-electron chi connectivity index (χ0n) is 10.7. The molecule has 1 aromatic rings. The number of hydrogen-bond donors (Lipinski definition) is 1. The Morgan fingerprint density at radius 2 is 2.19 bits per heavy atom.